The van der Waals surface area contributed by atoms with Gasteiger partial charge in [0.2, 0.25) is 11.9 Å². The first-order valence-electron chi connectivity index (χ1n) is 13.4. The van der Waals surface area contributed by atoms with Crippen LogP contribution in [-0.2, 0) is 28.5 Å². The molecule has 2 atom stereocenters. The third kappa shape index (κ3) is 7.05. The lowest BCUT2D eigenvalue weighted by molar-refractivity contribution is -0.148. The monoisotopic (exact) mass is 592 g/mol. The van der Waals surface area contributed by atoms with Crippen LogP contribution in [0, 0.1) is 0 Å². The summed E-state index contributed by atoms with van der Waals surface area (Å²) in [6, 6.07) is 31.6. The smallest absolute Gasteiger partial charge is 0.379 e. The van der Waals surface area contributed by atoms with Gasteiger partial charge in [0, 0.05) is 0 Å². The second-order valence-electron chi connectivity index (χ2n) is 9.30. The second kappa shape index (κ2) is 13.8. The number of ether oxygens (including phenoxy) is 5. The second-order valence-corrected chi connectivity index (χ2v) is 9.30. The van der Waals surface area contributed by atoms with E-state index in [4.69, 9.17) is 23.7 Å². The Morgan fingerprint density at radius 1 is 0.568 bits per heavy atom. The van der Waals surface area contributed by atoms with Crippen molar-refractivity contribution in [2.45, 2.75) is 12.2 Å². The van der Waals surface area contributed by atoms with Crippen LogP contribution >= 0.6 is 0 Å². The molecular formula is C34H24O10. The Morgan fingerprint density at radius 2 is 0.977 bits per heavy atom. The van der Waals surface area contributed by atoms with Crippen molar-refractivity contribution in [2.24, 2.45) is 0 Å². The number of carbonyl (C=O) groups excluding carboxylic acids is 5. The van der Waals surface area contributed by atoms with E-state index < -0.39 is 60.2 Å². The summed E-state index contributed by atoms with van der Waals surface area (Å²) >= 11 is 0. The molecule has 0 amide bonds. The normalized spacial score (nSPS) is 14.6. The lowest BCUT2D eigenvalue weighted by Gasteiger charge is -2.24. The molecule has 0 unspecified atom stereocenters. The van der Waals surface area contributed by atoms with Gasteiger partial charge in [-0.3, -0.25) is 0 Å². The van der Waals surface area contributed by atoms with E-state index >= 15 is 0 Å². The van der Waals surface area contributed by atoms with Crippen LogP contribution < -0.4 is 0 Å². The van der Waals surface area contributed by atoms with E-state index in [1.807, 2.05) is 0 Å². The highest BCUT2D eigenvalue weighted by Crippen LogP contribution is 2.31. The first kappa shape index (κ1) is 29.5. The quantitative estimate of drug-likeness (QED) is 0.185. The Hall–Kier alpha value is -6.03. The molecule has 0 aromatic heterocycles. The van der Waals surface area contributed by atoms with Gasteiger partial charge in [-0.15, -0.1) is 0 Å². The molecule has 0 aliphatic carbocycles. The molecule has 220 valence electrons. The third-order valence-electron chi connectivity index (χ3n) is 6.31. The molecule has 1 aliphatic rings. The molecule has 0 radical (unpaired) electrons. The van der Waals surface area contributed by atoms with Crippen molar-refractivity contribution in [3.05, 3.63) is 155 Å². The van der Waals surface area contributed by atoms with Crippen molar-refractivity contribution in [1.29, 1.82) is 0 Å². The number of esters is 5. The highest BCUT2D eigenvalue weighted by molar-refractivity contribution is 5.98. The average molecular weight is 593 g/mol. The van der Waals surface area contributed by atoms with E-state index in [0.29, 0.717) is 0 Å². The minimum Gasteiger partial charge on any atom is -0.458 e. The first-order chi connectivity index (χ1) is 21.4. The fraction of sp³-hybridized carbons (Fsp3) is 0.0882. The van der Waals surface area contributed by atoms with Crippen molar-refractivity contribution >= 4 is 29.8 Å². The summed E-state index contributed by atoms with van der Waals surface area (Å²) in [5.41, 5.74) is 0.584. The third-order valence-corrected chi connectivity index (χ3v) is 6.31. The maximum absolute atomic E-state index is 13.1. The van der Waals surface area contributed by atoms with E-state index in [-0.39, 0.29) is 22.3 Å². The summed E-state index contributed by atoms with van der Waals surface area (Å²) in [6.45, 7) is -0.615. The number of hydrogen-bond donors (Lipinski definition) is 0. The van der Waals surface area contributed by atoms with E-state index in [9.17, 15) is 24.0 Å². The van der Waals surface area contributed by atoms with Crippen LogP contribution in [0.15, 0.2) is 133 Å². The first-order valence-corrected chi connectivity index (χ1v) is 13.4. The summed E-state index contributed by atoms with van der Waals surface area (Å²) in [5, 5.41) is 0. The molecule has 0 N–H and O–H groups in total. The van der Waals surface area contributed by atoms with Crippen molar-refractivity contribution < 1.29 is 47.7 Å². The number of carbonyl (C=O) groups is 5. The molecule has 4 aromatic carbocycles. The Balaban J connectivity index is 1.49. The molecule has 0 fully saturated rings. The maximum atomic E-state index is 13.1. The van der Waals surface area contributed by atoms with Crippen LogP contribution in [0.1, 0.15) is 41.4 Å². The van der Waals surface area contributed by atoms with Crippen LogP contribution in [0.3, 0.4) is 0 Å². The average Bonchev–Trinajstić information content (AvgIpc) is 3.37. The van der Waals surface area contributed by atoms with Gasteiger partial charge in [0.05, 0.1) is 22.3 Å². The summed E-state index contributed by atoms with van der Waals surface area (Å²) in [6.07, 6.45) is -3.16. The van der Waals surface area contributed by atoms with Crippen molar-refractivity contribution in [2.75, 3.05) is 6.61 Å². The number of cyclic esters (lactones) is 1. The Morgan fingerprint density at radius 3 is 1.45 bits per heavy atom. The molecule has 4 aromatic rings. The van der Waals surface area contributed by atoms with Gasteiger partial charge in [0.1, 0.15) is 6.61 Å². The van der Waals surface area contributed by atoms with Gasteiger partial charge in [-0.2, -0.15) is 0 Å². The van der Waals surface area contributed by atoms with E-state index in [2.05, 4.69) is 0 Å². The Kier molecular flexibility index (Phi) is 9.21. The summed E-state index contributed by atoms with van der Waals surface area (Å²) in [5.74, 6) is -5.85. The van der Waals surface area contributed by atoms with Gasteiger partial charge in [-0.1, -0.05) is 72.8 Å². The molecule has 44 heavy (non-hydrogen) atoms. The van der Waals surface area contributed by atoms with E-state index in [0.717, 1.165) is 0 Å². The van der Waals surface area contributed by atoms with E-state index in [1.165, 1.54) is 48.5 Å². The molecule has 1 heterocycles. The van der Waals surface area contributed by atoms with Gasteiger partial charge in [0.15, 0.2) is 6.10 Å². The zero-order chi connectivity index (χ0) is 30.9. The number of hydrogen-bond acceptors (Lipinski definition) is 10. The molecule has 5 rings (SSSR count). The summed E-state index contributed by atoms with van der Waals surface area (Å²) < 4.78 is 27.5. The predicted octanol–water partition coefficient (Wildman–Crippen LogP) is 4.92. The Bertz CT molecular complexity index is 1680. The topological polar surface area (TPSA) is 132 Å². The molecule has 1 aliphatic heterocycles. The zero-order valence-electron chi connectivity index (χ0n) is 23.0. The van der Waals surface area contributed by atoms with Crippen molar-refractivity contribution in [3.63, 3.8) is 0 Å². The molecule has 0 spiro atoms. The van der Waals surface area contributed by atoms with Crippen LogP contribution in [0.5, 0.6) is 0 Å². The van der Waals surface area contributed by atoms with Crippen LogP contribution in [0.4, 0.5) is 0 Å². The van der Waals surface area contributed by atoms with Crippen molar-refractivity contribution in [3.8, 4) is 0 Å². The molecular weight excluding hydrogens is 568 g/mol. The van der Waals surface area contributed by atoms with Crippen LogP contribution in [0.2, 0.25) is 0 Å². The minimum atomic E-state index is -1.63. The summed E-state index contributed by atoms with van der Waals surface area (Å²) in [4.78, 5) is 65.0. The summed E-state index contributed by atoms with van der Waals surface area (Å²) in [7, 11) is 0. The zero-order valence-corrected chi connectivity index (χ0v) is 23.0. The standard InChI is InChI=1S/C34H24O10/c35-30(22-13-5-1-6-14-22)40-21-26(41-31(36)23-15-7-2-8-16-23)27-28(43-32(37)24-17-9-3-10-18-24)29(34(39)42-27)44-33(38)25-19-11-4-12-20-25/h1-20,26-27H,21H2/t26-,27+/m0/s1. The van der Waals surface area contributed by atoms with E-state index in [1.54, 1.807) is 72.8 Å². The highest BCUT2D eigenvalue weighted by Gasteiger charge is 2.47. The maximum Gasteiger partial charge on any atom is 0.379 e. The fourth-order valence-electron chi connectivity index (χ4n) is 4.13. The van der Waals surface area contributed by atoms with Crippen LogP contribution in [-0.4, -0.2) is 48.7 Å². The molecule has 10 heteroatoms. The molecule has 0 saturated carbocycles. The lowest BCUT2D eigenvalue weighted by atomic mass is 10.1. The predicted molar refractivity (Wildman–Crippen MR) is 153 cm³/mol. The minimum absolute atomic E-state index is 0.105. The molecule has 0 bridgehead atoms. The Labute approximate surface area is 251 Å². The highest BCUT2D eigenvalue weighted by atomic mass is 16.7. The number of rotatable bonds is 10. The van der Waals surface area contributed by atoms with Gasteiger partial charge in [0.25, 0.3) is 5.76 Å². The van der Waals surface area contributed by atoms with Crippen molar-refractivity contribution in [1.82, 2.24) is 0 Å². The molecule has 10 nitrogen and oxygen atoms in total. The van der Waals surface area contributed by atoms with Gasteiger partial charge in [-0.05, 0) is 48.5 Å². The van der Waals surface area contributed by atoms with Gasteiger partial charge in [-0.25, -0.2) is 24.0 Å². The van der Waals surface area contributed by atoms with Gasteiger partial charge < -0.3 is 23.7 Å². The fourth-order valence-corrected chi connectivity index (χ4v) is 4.13. The van der Waals surface area contributed by atoms with Gasteiger partial charge >= 0.3 is 29.8 Å². The lowest BCUT2D eigenvalue weighted by Crippen LogP contribution is -2.39. The largest absolute Gasteiger partial charge is 0.458 e. The number of benzene rings is 4. The molecule has 0 saturated heterocycles. The SMILES string of the molecule is O=C1O[C@H]([C@H](COC(=O)c2ccccc2)OC(=O)c2ccccc2)C(OC(=O)c2ccccc2)=C1OC(=O)c1ccccc1. The van der Waals surface area contributed by atoms with Crippen LogP contribution in [0.25, 0.3) is 0 Å².